The van der Waals surface area contributed by atoms with Gasteiger partial charge >= 0.3 is 0 Å². The second kappa shape index (κ2) is 7.70. The quantitative estimate of drug-likeness (QED) is 0.839. The Labute approximate surface area is 149 Å². The summed E-state index contributed by atoms with van der Waals surface area (Å²) in [4.78, 5) is 15.0. The number of nitrogens with one attached hydrogen (secondary N) is 2. The van der Waals surface area contributed by atoms with Crippen molar-refractivity contribution >= 4 is 11.7 Å². The SMILES string of the molecule is CNC(=O)C1(Nc2ccnn2C)CCN(CCc2ccccc2)CC1. The van der Waals surface area contributed by atoms with Gasteiger partial charge in [0.25, 0.3) is 0 Å². The molecular formula is C19H27N5O. The van der Waals surface area contributed by atoms with Crippen LogP contribution in [0.3, 0.4) is 0 Å². The molecule has 0 aliphatic carbocycles. The lowest BCUT2D eigenvalue weighted by Gasteiger charge is -2.41. The van der Waals surface area contributed by atoms with Gasteiger partial charge in [-0.2, -0.15) is 5.10 Å². The highest BCUT2D eigenvalue weighted by atomic mass is 16.2. The van der Waals surface area contributed by atoms with E-state index >= 15 is 0 Å². The third-order valence-corrected chi connectivity index (χ3v) is 5.12. The van der Waals surface area contributed by atoms with Gasteiger partial charge in [-0.15, -0.1) is 0 Å². The van der Waals surface area contributed by atoms with Crippen molar-refractivity contribution in [1.29, 1.82) is 0 Å². The molecule has 1 aromatic carbocycles. The Hall–Kier alpha value is -2.34. The molecule has 0 unspecified atom stereocenters. The topological polar surface area (TPSA) is 62.2 Å². The van der Waals surface area contributed by atoms with Gasteiger partial charge in [0.2, 0.25) is 5.91 Å². The molecule has 1 aromatic heterocycles. The molecule has 6 nitrogen and oxygen atoms in total. The number of amides is 1. The van der Waals surface area contributed by atoms with E-state index in [-0.39, 0.29) is 5.91 Å². The van der Waals surface area contributed by atoms with Gasteiger partial charge in [0.05, 0.1) is 6.20 Å². The van der Waals surface area contributed by atoms with E-state index in [0.717, 1.165) is 44.7 Å². The highest BCUT2D eigenvalue weighted by molar-refractivity contribution is 5.89. The number of piperidine rings is 1. The number of hydrogen-bond acceptors (Lipinski definition) is 4. The number of anilines is 1. The second-order valence-corrected chi connectivity index (χ2v) is 6.70. The van der Waals surface area contributed by atoms with Crippen molar-refractivity contribution in [3.8, 4) is 0 Å². The van der Waals surface area contributed by atoms with E-state index in [0.29, 0.717) is 0 Å². The molecule has 0 saturated carbocycles. The van der Waals surface area contributed by atoms with Crippen LogP contribution in [0.15, 0.2) is 42.6 Å². The number of aryl methyl sites for hydroxylation is 1. The Kier molecular flexibility index (Phi) is 5.38. The van der Waals surface area contributed by atoms with Crippen molar-refractivity contribution in [2.24, 2.45) is 7.05 Å². The standard InChI is InChI=1S/C19H27N5O/c1-20-18(25)19(22-17-8-12-21-23(17)2)10-14-24(15-11-19)13-9-16-6-4-3-5-7-16/h3-8,12,22H,9-11,13-15H2,1-2H3,(H,20,25). The first-order valence-corrected chi connectivity index (χ1v) is 8.88. The number of aromatic nitrogens is 2. The molecule has 1 saturated heterocycles. The Morgan fingerprint density at radius 2 is 1.92 bits per heavy atom. The van der Waals surface area contributed by atoms with E-state index in [1.807, 2.05) is 19.2 Å². The van der Waals surface area contributed by atoms with Crippen molar-refractivity contribution in [3.05, 3.63) is 48.2 Å². The summed E-state index contributed by atoms with van der Waals surface area (Å²) in [6.07, 6.45) is 4.36. The Morgan fingerprint density at radius 1 is 1.20 bits per heavy atom. The number of carbonyl (C=O) groups is 1. The number of rotatable bonds is 6. The van der Waals surface area contributed by atoms with E-state index in [1.165, 1.54) is 5.56 Å². The van der Waals surface area contributed by atoms with Crippen LogP contribution in [0, 0.1) is 0 Å². The Balaban J connectivity index is 1.61. The number of benzene rings is 1. The molecule has 2 aromatic rings. The van der Waals surface area contributed by atoms with Crippen LogP contribution in [0.25, 0.3) is 0 Å². The Morgan fingerprint density at radius 3 is 2.52 bits per heavy atom. The monoisotopic (exact) mass is 341 g/mol. The number of likely N-dealkylation sites (tertiary alicyclic amines) is 1. The highest BCUT2D eigenvalue weighted by Crippen LogP contribution is 2.27. The molecule has 1 fully saturated rings. The van der Waals surface area contributed by atoms with Crippen LogP contribution in [0.5, 0.6) is 0 Å². The van der Waals surface area contributed by atoms with Crippen molar-refractivity contribution in [2.75, 3.05) is 32.0 Å². The number of likely N-dealkylation sites (N-methyl/N-ethyl adjacent to an activating group) is 1. The second-order valence-electron chi connectivity index (χ2n) is 6.70. The molecule has 0 radical (unpaired) electrons. The van der Waals surface area contributed by atoms with Gasteiger partial charge in [-0.1, -0.05) is 30.3 Å². The van der Waals surface area contributed by atoms with Gasteiger partial charge in [-0.25, -0.2) is 0 Å². The first-order valence-electron chi connectivity index (χ1n) is 8.88. The number of hydrogen-bond donors (Lipinski definition) is 2. The van der Waals surface area contributed by atoms with Gasteiger partial charge in [0, 0.05) is 39.8 Å². The molecule has 25 heavy (non-hydrogen) atoms. The summed E-state index contributed by atoms with van der Waals surface area (Å²) in [5.41, 5.74) is 0.796. The smallest absolute Gasteiger partial charge is 0.245 e. The summed E-state index contributed by atoms with van der Waals surface area (Å²) in [7, 11) is 3.59. The van der Waals surface area contributed by atoms with Crippen LogP contribution in [0.4, 0.5) is 5.82 Å². The summed E-state index contributed by atoms with van der Waals surface area (Å²) >= 11 is 0. The van der Waals surface area contributed by atoms with E-state index in [2.05, 4.69) is 44.9 Å². The fraction of sp³-hybridized carbons (Fsp3) is 0.474. The van der Waals surface area contributed by atoms with Crippen LogP contribution in [-0.4, -0.2) is 52.8 Å². The predicted octanol–water partition coefficient (Wildman–Crippen LogP) is 1.66. The molecular weight excluding hydrogens is 314 g/mol. The normalized spacial score (nSPS) is 17.2. The van der Waals surface area contributed by atoms with Crippen molar-refractivity contribution in [1.82, 2.24) is 20.0 Å². The molecule has 0 bridgehead atoms. The third kappa shape index (κ3) is 4.02. The summed E-state index contributed by atoms with van der Waals surface area (Å²) in [6, 6.07) is 12.5. The first kappa shape index (κ1) is 17.5. The molecule has 134 valence electrons. The fourth-order valence-electron chi connectivity index (χ4n) is 3.48. The van der Waals surface area contributed by atoms with Gasteiger partial charge in [0.1, 0.15) is 11.4 Å². The van der Waals surface area contributed by atoms with E-state index in [4.69, 9.17) is 0 Å². The maximum atomic E-state index is 12.6. The zero-order valence-electron chi connectivity index (χ0n) is 15.0. The van der Waals surface area contributed by atoms with Crippen LogP contribution in [0.2, 0.25) is 0 Å². The first-order chi connectivity index (χ1) is 12.1. The zero-order valence-corrected chi connectivity index (χ0v) is 15.0. The van der Waals surface area contributed by atoms with Gasteiger partial charge in [-0.05, 0) is 24.8 Å². The van der Waals surface area contributed by atoms with Gasteiger partial charge in [0.15, 0.2) is 0 Å². The number of nitrogens with zero attached hydrogens (tertiary/aromatic N) is 3. The van der Waals surface area contributed by atoms with Crippen LogP contribution in [0.1, 0.15) is 18.4 Å². The molecule has 0 spiro atoms. The molecule has 0 atom stereocenters. The van der Waals surface area contributed by atoms with Crippen LogP contribution >= 0.6 is 0 Å². The third-order valence-electron chi connectivity index (χ3n) is 5.12. The lowest BCUT2D eigenvalue weighted by molar-refractivity contribution is -0.126. The summed E-state index contributed by atoms with van der Waals surface area (Å²) in [6.45, 7) is 2.84. The summed E-state index contributed by atoms with van der Waals surface area (Å²) in [5, 5.41) is 10.5. The van der Waals surface area contributed by atoms with Crippen LogP contribution < -0.4 is 10.6 Å². The maximum absolute atomic E-state index is 12.6. The average molecular weight is 341 g/mol. The van der Waals surface area contributed by atoms with E-state index < -0.39 is 5.54 Å². The Bertz CT molecular complexity index is 689. The molecule has 2 N–H and O–H groups in total. The molecule has 1 amide bonds. The average Bonchev–Trinajstić information content (AvgIpc) is 3.05. The molecule has 6 heteroatoms. The summed E-state index contributed by atoms with van der Waals surface area (Å²) in [5.74, 6) is 0.928. The summed E-state index contributed by atoms with van der Waals surface area (Å²) < 4.78 is 1.77. The maximum Gasteiger partial charge on any atom is 0.245 e. The fourth-order valence-corrected chi connectivity index (χ4v) is 3.48. The van der Waals surface area contributed by atoms with Crippen molar-refractivity contribution < 1.29 is 4.79 Å². The predicted molar refractivity (Wildman–Crippen MR) is 99.4 cm³/mol. The molecule has 2 heterocycles. The van der Waals surface area contributed by atoms with E-state index in [1.54, 1.807) is 17.9 Å². The molecule has 1 aliphatic heterocycles. The largest absolute Gasteiger partial charge is 0.357 e. The minimum Gasteiger partial charge on any atom is -0.357 e. The van der Waals surface area contributed by atoms with Gasteiger partial charge in [-0.3, -0.25) is 9.48 Å². The van der Waals surface area contributed by atoms with Crippen molar-refractivity contribution in [2.45, 2.75) is 24.8 Å². The van der Waals surface area contributed by atoms with Crippen LogP contribution in [-0.2, 0) is 18.3 Å². The highest BCUT2D eigenvalue weighted by Gasteiger charge is 2.41. The molecule has 3 rings (SSSR count). The molecule has 1 aliphatic rings. The zero-order chi connectivity index (χ0) is 17.7. The van der Waals surface area contributed by atoms with Gasteiger partial charge < -0.3 is 15.5 Å². The lowest BCUT2D eigenvalue weighted by Crippen LogP contribution is -2.58. The minimum atomic E-state index is -0.564. The van der Waals surface area contributed by atoms with Crippen molar-refractivity contribution in [3.63, 3.8) is 0 Å². The number of carbonyl (C=O) groups excluding carboxylic acids is 1. The minimum absolute atomic E-state index is 0.0522. The van der Waals surface area contributed by atoms with E-state index in [9.17, 15) is 4.79 Å². The lowest BCUT2D eigenvalue weighted by atomic mass is 9.86.